The van der Waals surface area contributed by atoms with Crippen molar-refractivity contribution in [3.8, 4) is 0 Å². The number of benzene rings is 1. The van der Waals surface area contributed by atoms with Crippen LogP contribution in [0.25, 0.3) is 0 Å². The van der Waals surface area contributed by atoms with E-state index in [4.69, 9.17) is 0 Å². The first-order valence-corrected chi connectivity index (χ1v) is 7.62. The lowest BCUT2D eigenvalue weighted by Gasteiger charge is -2.07. The summed E-state index contributed by atoms with van der Waals surface area (Å²) >= 11 is 3.09. The van der Waals surface area contributed by atoms with Crippen LogP contribution in [0.5, 0.6) is 0 Å². The van der Waals surface area contributed by atoms with E-state index in [2.05, 4.69) is 27.6 Å². The minimum absolute atomic E-state index is 0.297. The largest absolute Gasteiger partial charge is 0.243 e. The van der Waals surface area contributed by atoms with Gasteiger partial charge in [-0.15, -0.1) is 0 Å². The van der Waals surface area contributed by atoms with Crippen molar-refractivity contribution in [2.24, 2.45) is 11.8 Å². The van der Waals surface area contributed by atoms with Gasteiger partial charge in [0.15, 0.2) is 0 Å². The summed E-state index contributed by atoms with van der Waals surface area (Å²) in [6.07, 6.45) is 1.03. The summed E-state index contributed by atoms with van der Waals surface area (Å²) < 4.78 is 40.2. The van der Waals surface area contributed by atoms with Gasteiger partial charge in [0, 0.05) is 11.0 Å². The summed E-state index contributed by atoms with van der Waals surface area (Å²) in [6, 6.07) is 3.92. The van der Waals surface area contributed by atoms with Crippen molar-refractivity contribution in [3.05, 3.63) is 28.5 Å². The van der Waals surface area contributed by atoms with Crippen LogP contribution in [0, 0.1) is 17.7 Å². The van der Waals surface area contributed by atoms with Crippen molar-refractivity contribution in [1.29, 1.82) is 0 Å². The molecule has 1 fully saturated rings. The lowest BCUT2D eigenvalue weighted by Crippen LogP contribution is -2.27. The van der Waals surface area contributed by atoms with Crippen molar-refractivity contribution in [3.63, 3.8) is 0 Å². The summed E-state index contributed by atoms with van der Waals surface area (Å²) in [5, 5.41) is 0. The van der Waals surface area contributed by atoms with Gasteiger partial charge >= 0.3 is 0 Å². The second kappa shape index (κ2) is 4.66. The van der Waals surface area contributed by atoms with Crippen molar-refractivity contribution in [2.45, 2.75) is 18.2 Å². The molecule has 2 atom stereocenters. The Labute approximate surface area is 109 Å². The van der Waals surface area contributed by atoms with Crippen LogP contribution in [-0.2, 0) is 10.0 Å². The molecule has 1 aromatic rings. The minimum atomic E-state index is -3.73. The Morgan fingerprint density at radius 3 is 2.71 bits per heavy atom. The molecule has 94 valence electrons. The second-order valence-electron chi connectivity index (χ2n) is 4.40. The molecule has 0 heterocycles. The highest BCUT2D eigenvalue weighted by atomic mass is 79.9. The van der Waals surface area contributed by atoms with Gasteiger partial charge < -0.3 is 0 Å². The Kier molecular flexibility index (Phi) is 3.56. The predicted octanol–water partition coefficient (Wildman–Crippen LogP) is 2.52. The summed E-state index contributed by atoms with van der Waals surface area (Å²) in [5.74, 6) is 0.214. The quantitative estimate of drug-likeness (QED) is 0.926. The van der Waals surface area contributed by atoms with E-state index in [9.17, 15) is 12.8 Å². The monoisotopic (exact) mass is 321 g/mol. The lowest BCUT2D eigenvalue weighted by atomic mass is 10.3. The Morgan fingerprint density at radius 2 is 2.18 bits per heavy atom. The molecule has 0 aromatic heterocycles. The molecule has 0 saturated heterocycles. The van der Waals surface area contributed by atoms with E-state index >= 15 is 0 Å². The van der Waals surface area contributed by atoms with Crippen molar-refractivity contribution < 1.29 is 12.8 Å². The van der Waals surface area contributed by atoms with Gasteiger partial charge in [0.2, 0.25) is 10.0 Å². The number of rotatable bonds is 4. The number of hydrogen-bond donors (Lipinski definition) is 1. The molecule has 0 radical (unpaired) electrons. The van der Waals surface area contributed by atoms with Gasteiger partial charge in [-0.25, -0.2) is 17.5 Å². The molecule has 2 rings (SSSR count). The fourth-order valence-corrected chi connectivity index (χ4v) is 3.16. The Morgan fingerprint density at radius 1 is 1.53 bits per heavy atom. The highest BCUT2D eigenvalue weighted by Crippen LogP contribution is 2.37. The molecule has 0 bridgehead atoms. The molecule has 0 spiro atoms. The van der Waals surface area contributed by atoms with Gasteiger partial charge in [-0.05, 0) is 36.5 Å². The van der Waals surface area contributed by atoms with E-state index in [0.29, 0.717) is 22.9 Å². The third kappa shape index (κ3) is 3.05. The minimum Gasteiger partial charge on any atom is -0.211 e. The van der Waals surface area contributed by atoms with E-state index in [0.717, 1.165) is 12.5 Å². The summed E-state index contributed by atoms with van der Waals surface area (Å²) in [4.78, 5) is -0.297. The summed E-state index contributed by atoms with van der Waals surface area (Å²) in [7, 11) is -3.73. The molecule has 1 aromatic carbocycles. The standard InChI is InChI=1S/C11H13BrFNO2S/c1-7-4-8(7)6-14-17(15,16)11-3-2-9(12)5-10(11)13/h2-3,5,7-8,14H,4,6H2,1H3. The average molecular weight is 322 g/mol. The zero-order chi connectivity index (χ0) is 12.6. The number of nitrogens with one attached hydrogen (secondary N) is 1. The molecule has 0 amide bonds. The SMILES string of the molecule is CC1CC1CNS(=O)(=O)c1ccc(Br)cc1F. The highest BCUT2D eigenvalue weighted by molar-refractivity contribution is 9.10. The van der Waals surface area contributed by atoms with Crippen LogP contribution >= 0.6 is 15.9 Å². The number of sulfonamides is 1. The van der Waals surface area contributed by atoms with E-state index in [1.807, 2.05) is 0 Å². The van der Waals surface area contributed by atoms with Gasteiger partial charge in [-0.2, -0.15) is 0 Å². The topological polar surface area (TPSA) is 46.2 Å². The van der Waals surface area contributed by atoms with E-state index < -0.39 is 15.8 Å². The van der Waals surface area contributed by atoms with Crippen LogP contribution in [0.1, 0.15) is 13.3 Å². The van der Waals surface area contributed by atoms with Gasteiger partial charge in [0.1, 0.15) is 10.7 Å². The number of hydrogen-bond acceptors (Lipinski definition) is 2. The van der Waals surface area contributed by atoms with Crippen LogP contribution in [0.15, 0.2) is 27.6 Å². The molecule has 2 unspecified atom stereocenters. The maximum Gasteiger partial charge on any atom is 0.243 e. The molecule has 17 heavy (non-hydrogen) atoms. The Bertz CT molecular complexity index is 532. The molecule has 1 aliphatic carbocycles. The first-order valence-electron chi connectivity index (χ1n) is 5.35. The van der Waals surface area contributed by atoms with Crippen LogP contribution in [-0.4, -0.2) is 15.0 Å². The molecule has 6 heteroatoms. The smallest absolute Gasteiger partial charge is 0.211 e. The highest BCUT2D eigenvalue weighted by Gasteiger charge is 2.33. The molecule has 1 N–H and O–H groups in total. The average Bonchev–Trinajstić information content (AvgIpc) is 2.91. The van der Waals surface area contributed by atoms with E-state index in [1.54, 1.807) is 0 Å². The van der Waals surface area contributed by atoms with Gasteiger partial charge in [0.05, 0.1) is 0 Å². The van der Waals surface area contributed by atoms with Crippen LogP contribution in [0.2, 0.25) is 0 Å². The molecular formula is C11H13BrFNO2S. The summed E-state index contributed by atoms with van der Waals surface area (Å²) in [5.41, 5.74) is 0. The van der Waals surface area contributed by atoms with Crippen LogP contribution in [0.4, 0.5) is 4.39 Å². The van der Waals surface area contributed by atoms with Crippen LogP contribution < -0.4 is 4.72 Å². The third-order valence-electron chi connectivity index (χ3n) is 3.00. The van der Waals surface area contributed by atoms with E-state index in [-0.39, 0.29) is 4.90 Å². The van der Waals surface area contributed by atoms with E-state index in [1.165, 1.54) is 12.1 Å². The molecule has 1 saturated carbocycles. The maximum atomic E-state index is 13.5. The third-order valence-corrected chi connectivity index (χ3v) is 4.95. The first kappa shape index (κ1) is 13.0. The summed E-state index contributed by atoms with van der Waals surface area (Å²) in [6.45, 7) is 2.46. The fraction of sp³-hybridized carbons (Fsp3) is 0.455. The predicted molar refractivity (Wildman–Crippen MR) is 66.6 cm³/mol. The normalized spacial score (nSPS) is 23.7. The molecule has 3 nitrogen and oxygen atoms in total. The van der Waals surface area contributed by atoms with Crippen molar-refractivity contribution in [2.75, 3.05) is 6.54 Å². The second-order valence-corrected chi connectivity index (χ2v) is 7.05. The molecular weight excluding hydrogens is 309 g/mol. The van der Waals surface area contributed by atoms with Crippen molar-refractivity contribution >= 4 is 26.0 Å². The zero-order valence-corrected chi connectivity index (χ0v) is 11.7. The maximum absolute atomic E-state index is 13.5. The molecule has 1 aliphatic rings. The van der Waals surface area contributed by atoms with Crippen molar-refractivity contribution in [1.82, 2.24) is 4.72 Å². The Hall–Kier alpha value is -0.460. The first-order chi connectivity index (χ1) is 7.90. The van der Waals surface area contributed by atoms with Gasteiger partial charge in [0.25, 0.3) is 0 Å². The molecule has 0 aliphatic heterocycles. The Balaban J connectivity index is 2.13. The fourth-order valence-electron chi connectivity index (χ4n) is 1.67. The van der Waals surface area contributed by atoms with Gasteiger partial charge in [-0.3, -0.25) is 0 Å². The van der Waals surface area contributed by atoms with Gasteiger partial charge in [-0.1, -0.05) is 22.9 Å². The zero-order valence-electron chi connectivity index (χ0n) is 9.28. The number of halogens is 2. The lowest BCUT2D eigenvalue weighted by molar-refractivity contribution is 0.552. The van der Waals surface area contributed by atoms with Crippen LogP contribution in [0.3, 0.4) is 0 Å².